The van der Waals surface area contributed by atoms with Crippen molar-refractivity contribution in [1.29, 1.82) is 0 Å². The molecule has 116 valence electrons. The summed E-state index contributed by atoms with van der Waals surface area (Å²) in [5.74, 6) is -0.272. The molecule has 3 rings (SSSR count). The zero-order valence-corrected chi connectivity index (χ0v) is 12.8. The van der Waals surface area contributed by atoms with Crippen LogP contribution in [0, 0.1) is 0 Å². The summed E-state index contributed by atoms with van der Waals surface area (Å²) in [6.45, 7) is 3.59. The van der Waals surface area contributed by atoms with Crippen LogP contribution in [0.1, 0.15) is 10.5 Å². The lowest BCUT2D eigenvalue weighted by Crippen LogP contribution is -3.12. The van der Waals surface area contributed by atoms with E-state index in [1.54, 1.807) is 31.3 Å². The summed E-state index contributed by atoms with van der Waals surface area (Å²) in [6, 6.07) is 7.07. The number of nitrogens with one attached hydrogen (secondary N) is 2. The Morgan fingerprint density at radius 2 is 1.86 bits per heavy atom. The lowest BCUT2D eigenvalue weighted by atomic mass is 10.1. The minimum absolute atomic E-state index is 0.199. The van der Waals surface area contributed by atoms with E-state index in [1.807, 2.05) is 5.01 Å². The summed E-state index contributed by atoms with van der Waals surface area (Å²) < 4.78 is 1.21. The van der Waals surface area contributed by atoms with Crippen molar-refractivity contribution in [3.8, 4) is 0 Å². The Labute approximate surface area is 128 Å². The number of aromatic nitrogens is 2. The summed E-state index contributed by atoms with van der Waals surface area (Å²) >= 11 is 0. The Balaban J connectivity index is 1.91. The van der Waals surface area contributed by atoms with E-state index in [-0.39, 0.29) is 17.2 Å². The van der Waals surface area contributed by atoms with E-state index < -0.39 is 0 Å². The maximum absolute atomic E-state index is 12.5. The molecule has 2 N–H and O–H groups in total. The average Bonchev–Trinajstić information content (AvgIpc) is 2.53. The number of carbonyl (C=O) groups excluding carboxylic acids is 1. The van der Waals surface area contributed by atoms with Crippen LogP contribution in [0.25, 0.3) is 10.8 Å². The predicted molar refractivity (Wildman–Crippen MR) is 82.6 cm³/mol. The second-order valence-electron chi connectivity index (χ2n) is 5.71. The number of rotatable bonds is 2. The fourth-order valence-electron chi connectivity index (χ4n) is 2.66. The van der Waals surface area contributed by atoms with Gasteiger partial charge in [-0.05, 0) is 6.07 Å². The zero-order valence-electron chi connectivity index (χ0n) is 12.8. The summed E-state index contributed by atoms with van der Waals surface area (Å²) in [5, 5.41) is 7.15. The average molecular weight is 302 g/mol. The quantitative estimate of drug-likeness (QED) is 0.702. The van der Waals surface area contributed by atoms with Crippen LogP contribution in [0.15, 0.2) is 29.1 Å². The third-order valence-corrected chi connectivity index (χ3v) is 4.05. The van der Waals surface area contributed by atoms with E-state index in [2.05, 4.69) is 17.6 Å². The van der Waals surface area contributed by atoms with Crippen LogP contribution in [0.3, 0.4) is 0 Å². The van der Waals surface area contributed by atoms with E-state index in [4.69, 9.17) is 0 Å². The standard InChI is InChI=1S/C15H19N5O2/c1-18-7-9-20(10-8-18)17-14(21)13-11-5-3-4-6-12(11)15(22)19(2)16-13/h3-6H,7-10H2,1-2H3,(H,17,21)/p+1. The number of piperazine rings is 1. The molecule has 2 aromatic rings. The Morgan fingerprint density at radius 1 is 1.23 bits per heavy atom. The van der Waals surface area contributed by atoms with E-state index in [0.717, 1.165) is 26.2 Å². The van der Waals surface area contributed by atoms with Gasteiger partial charge in [0, 0.05) is 12.4 Å². The molecular formula is C15H20N5O2+. The number of hydrogen-bond acceptors (Lipinski definition) is 4. The number of amides is 1. The first-order valence-corrected chi connectivity index (χ1v) is 7.39. The molecule has 0 saturated carbocycles. The van der Waals surface area contributed by atoms with Crippen molar-refractivity contribution in [2.75, 3.05) is 33.2 Å². The van der Waals surface area contributed by atoms with Gasteiger partial charge in [0.15, 0.2) is 5.69 Å². The Bertz CT molecular complexity index is 762. The number of aryl methyl sites for hydroxylation is 1. The highest BCUT2D eigenvalue weighted by atomic mass is 16.2. The van der Waals surface area contributed by atoms with Gasteiger partial charge in [-0.2, -0.15) is 5.10 Å². The van der Waals surface area contributed by atoms with Crippen LogP contribution in [0.4, 0.5) is 0 Å². The van der Waals surface area contributed by atoms with Gasteiger partial charge in [0.2, 0.25) is 0 Å². The maximum Gasteiger partial charge on any atom is 0.286 e. The molecule has 1 aromatic heterocycles. The number of quaternary nitrogens is 1. The number of hydrazine groups is 1. The van der Waals surface area contributed by atoms with E-state index in [0.29, 0.717) is 10.8 Å². The van der Waals surface area contributed by atoms with Gasteiger partial charge >= 0.3 is 0 Å². The summed E-state index contributed by atoms with van der Waals surface area (Å²) in [5.41, 5.74) is 2.98. The molecular weight excluding hydrogens is 282 g/mol. The highest BCUT2D eigenvalue weighted by Crippen LogP contribution is 2.12. The maximum atomic E-state index is 12.5. The molecule has 1 saturated heterocycles. The number of benzene rings is 1. The molecule has 1 aromatic carbocycles. The SMILES string of the molecule is Cn1nc(C(=O)NN2CC[NH+](C)CC2)c2ccccc2c1=O. The van der Waals surface area contributed by atoms with Gasteiger partial charge in [-0.25, -0.2) is 9.69 Å². The monoisotopic (exact) mass is 302 g/mol. The summed E-state index contributed by atoms with van der Waals surface area (Å²) in [6.07, 6.45) is 0. The minimum atomic E-state index is -0.272. The van der Waals surface area contributed by atoms with Crippen LogP contribution in [0.2, 0.25) is 0 Å². The molecule has 7 heteroatoms. The smallest absolute Gasteiger partial charge is 0.286 e. The van der Waals surface area contributed by atoms with Gasteiger partial charge in [0.05, 0.1) is 38.6 Å². The van der Waals surface area contributed by atoms with Gasteiger partial charge in [-0.3, -0.25) is 15.0 Å². The number of hydrogen-bond donors (Lipinski definition) is 2. The molecule has 0 spiro atoms. The topological polar surface area (TPSA) is 71.7 Å². The van der Waals surface area contributed by atoms with E-state index in [1.165, 1.54) is 9.58 Å². The van der Waals surface area contributed by atoms with Gasteiger partial charge in [0.25, 0.3) is 11.5 Å². The first-order chi connectivity index (χ1) is 10.6. The van der Waals surface area contributed by atoms with Gasteiger partial charge in [-0.15, -0.1) is 0 Å². The summed E-state index contributed by atoms with van der Waals surface area (Å²) in [7, 11) is 3.70. The molecule has 1 aliphatic heterocycles. The molecule has 1 aliphatic rings. The molecule has 0 aliphatic carbocycles. The van der Waals surface area contributed by atoms with E-state index in [9.17, 15) is 9.59 Å². The Morgan fingerprint density at radius 3 is 2.55 bits per heavy atom. The van der Waals surface area contributed by atoms with Crippen LogP contribution in [0.5, 0.6) is 0 Å². The lowest BCUT2D eigenvalue weighted by molar-refractivity contribution is -0.884. The molecule has 1 amide bonds. The van der Waals surface area contributed by atoms with Crippen molar-refractivity contribution >= 4 is 16.7 Å². The van der Waals surface area contributed by atoms with Crippen molar-refractivity contribution in [1.82, 2.24) is 20.2 Å². The van der Waals surface area contributed by atoms with Crippen molar-refractivity contribution in [3.63, 3.8) is 0 Å². The molecule has 0 radical (unpaired) electrons. The molecule has 2 heterocycles. The number of fused-ring (bicyclic) bond motifs is 1. The van der Waals surface area contributed by atoms with Gasteiger partial charge < -0.3 is 4.90 Å². The Kier molecular flexibility index (Phi) is 3.91. The molecule has 1 fully saturated rings. The van der Waals surface area contributed by atoms with Crippen LogP contribution >= 0.6 is 0 Å². The molecule has 0 unspecified atom stereocenters. The first-order valence-electron chi connectivity index (χ1n) is 7.39. The van der Waals surface area contributed by atoms with Crippen LogP contribution < -0.4 is 15.9 Å². The van der Waals surface area contributed by atoms with E-state index >= 15 is 0 Å². The normalized spacial score (nSPS) is 16.8. The van der Waals surface area contributed by atoms with Crippen molar-refractivity contribution in [3.05, 3.63) is 40.3 Å². The lowest BCUT2D eigenvalue weighted by Gasteiger charge is -2.30. The molecule has 7 nitrogen and oxygen atoms in total. The minimum Gasteiger partial charge on any atom is -0.335 e. The van der Waals surface area contributed by atoms with Gasteiger partial charge in [-0.1, -0.05) is 18.2 Å². The highest BCUT2D eigenvalue weighted by Gasteiger charge is 2.21. The van der Waals surface area contributed by atoms with Crippen molar-refractivity contribution in [2.45, 2.75) is 0 Å². The largest absolute Gasteiger partial charge is 0.335 e. The summed E-state index contributed by atoms with van der Waals surface area (Å²) in [4.78, 5) is 26.1. The predicted octanol–water partition coefficient (Wildman–Crippen LogP) is -1.59. The highest BCUT2D eigenvalue weighted by molar-refractivity contribution is 6.04. The zero-order chi connectivity index (χ0) is 15.7. The number of nitrogens with zero attached hydrogens (tertiary/aromatic N) is 3. The second-order valence-corrected chi connectivity index (χ2v) is 5.71. The van der Waals surface area contributed by atoms with Crippen molar-refractivity contribution < 1.29 is 9.69 Å². The third kappa shape index (κ3) is 2.72. The number of likely N-dealkylation sites (N-methyl/N-ethyl adjacent to an activating group) is 1. The van der Waals surface area contributed by atoms with Crippen molar-refractivity contribution in [2.24, 2.45) is 7.05 Å². The van der Waals surface area contributed by atoms with Crippen LogP contribution in [-0.2, 0) is 7.05 Å². The Hall–Kier alpha value is -2.25. The number of carbonyl (C=O) groups is 1. The van der Waals surface area contributed by atoms with Gasteiger partial charge in [0.1, 0.15) is 0 Å². The first kappa shape index (κ1) is 14.7. The molecule has 0 bridgehead atoms. The third-order valence-electron chi connectivity index (χ3n) is 4.05. The molecule has 0 atom stereocenters. The van der Waals surface area contributed by atoms with Crippen LogP contribution in [-0.4, -0.2) is 53.9 Å². The second kappa shape index (κ2) is 5.86. The fourth-order valence-corrected chi connectivity index (χ4v) is 2.66. The fraction of sp³-hybridized carbons (Fsp3) is 0.400. The molecule has 22 heavy (non-hydrogen) atoms.